The van der Waals surface area contributed by atoms with E-state index in [-0.39, 0.29) is 41.5 Å². The minimum atomic E-state index is -3.78. The molecule has 1 heterocycles. The number of sulfone groups is 1. The summed E-state index contributed by atoms with van der Waals surface area (Å²) in [4.78, 5) is 0.113. The molecule has 0 aromatic heterocycles. The average molecular weight is 413 g/mol. The summed E-state index contributed by atoms with van der Waals surface area (Å²) in [5.74, 6) is -0.259. The topological polar surface area (TPSA) is 80.8 Å². The largest absolute Gasteiger partial charge is 0.495 e. The molecular formula is C18H20FNO5S2. The van der Waals surface area contributed by atoms with Crippen LogP contribution in [-0.2, 0) is 19.9 Å². The summed E-state index contributed by atoms with van der Waals surface area (Å²) < 4.78 is 70.7. The van der Waals surface area contributed by atoms with Crippen molar-refractivity contribution in [1.82, 2.24) is 4.31 Å². The van der Waals surface area contributed by atoms with Crippen molar-refractivity contribution in [3.63, 3.8) is 0 Å². The van der Waals surface area contributed by atoms with Crippen molar-refractivity contribution >= 4 is 19.9 Å². The van der Waals surface area contributed by atoms with Crippen LogP contribution in [0.15, 0.2) is 58.3 Å². The van der Waals surface area contributed by atoms with E-state index in [2.05, 4.69) is 0 Å². The predicted molar refractivity (Wildman–Crippen MR) is 98.4 cm³/mol. The maximum Gasteiger partial charge on any atom is 0.246 e. The molecule has 0 saturated carbocycles. The Hall–Kier alpha value is -1.97. The van der Waals surface area contributed by atoms with Crippen LogP contribution < -0.4 is 4.74 Å². The van der Waals surface area contributed by atoms with E-state index in [1.165, 1.54) is 29.6 Å². The lowest BCUT2D eigenvalue weighted by molar-refractivity contribution is 0.342. The van der Waals surface area contributed by atoms with E-state index in [0.29, 0.717) is 0 Å². The number of methoxy groups -OCH3 is 1. The first-order valence-electron chi connectivity index (χ1n) is 8.39. The molecule has 2 aromatic rings. The van der Waals surface area contributed by atoms with Crippen molar-refractivity contribution in [3.05, 3.63) is 54.3 Å². The number of para-hydroxylation sites is 1. The van der Waals surface area contributed by atoms with Crippen molar-refractivity contribution in [3.8, 4) is 5.75 Å². The van der Waals surface area contributed by atoms with Crippen LogP contribution in [0.5, 0.6) is 5.75 Å². The number of piperidine rings is 1. The van der Waals surface area contributed by atoms with Gasteiger partial charge in [0.2, 0.25) is 10.0 Å². The first kappa shape index (κ1) is 19.8. The van der Waals surface area contributed by atoms with E-state index in [1.54, 1.807) is 18.2 Å². The van der Waals surface area contributed by atoms with E-state index in [0.717, 1.165) is 12.1 Å². The lowest BCUT2D eigenvalue weighted by Crippen LogP contribution is -2.42. The molecule has 9 heteroatoms. The zero-order valence-corrected chi connectivity index (χ0v) is 16.3. The van der Waals surface area contributed by atoms with Crippen molar-refractivity contribution in [2.45, 2.75) is 27.9 Å². The van der Waals surface area contributed by atoms with Crippen LogP contribution in [0.25, 0.3) is 0 Å². The fraction of sp³-hybridized carbons (Fsp3) is 0.333. The molecule has 2 aromatic carbocycles. The van der Waals surface area contributed by atoms with Gasteiger partial charge in [0.1, 0.15) is 16.5 Å². The van der Waals surface area contributed by atoms with Crippen LogP contribution in [0.2, 0.25) is 0 Å². The smallest absolute Gasteiger partial charge is 0.246 e. The summed E-state index contributed by atoms with van der Waals surface area (Å²) in [5, 5.41) is -0.702. The van der Waals surface area contributed by atoms with E-state index in [4.69, 9.17) is 4.74 Å². The van der Waals surface area contributed by atoms with Gasteiger partial charge in [-0.15, -0.1) is 0 Å². The fourth-order valence-electron chi connectivity index (χ4n) is 3.17. The maximum absolute atomic E-state index is 13.0. The molecule has 0 aliphatic carbocycles. The van der Waals surface area contributed by atoms with Gasteiger partial charge in [0.25, 0.3) is 0 Å². The molecule has 1 saturated heterocycles. The van der Waals surface area contributed by atoms with Gasteiger partial charge in [0.05, 0.1) is 17.3 Å². The average Bonchev–Trinajstić information content (AvgIpc) is 2.68. The van der Waals surface area contributed by atoms with E-state index < -0.39 is 30.9 Å². The maximum atomic E-state index is 13.0. The molecule has 146 valence electrons. The van der Waals surface area contributed by atoms with Crippen molar-refractivity contribution in [2.24, 2.45) is 0 Å². The van der Waals surface area contributed by atoms with Gasteiger partial charge < -0.3 is 4.74 Å². The Balaban J connectivity index is 1.78. The molecule has 1 fully saturated rings. The molecule has 27 heavy (non-hydrogen) atoms. The lowest BCUT2D eigenvalue weighted by Gasteiger charge is -2.31. The number of benzene rings is 2. The number of rotatable bonds is 5. The predicted octanol–water partition coefficient (Wildman–Crippen LogP) is 2.46. The van der Waals surface area contributed by atoms with Crippen LogP contribution in [0, 0.1) is 5.82 Å². The first-order chi connectivity index (χ1) is 12.8. The summed E-state index contributed by atoms with van der Waals surface area (Å²) in [5.41, 5.74) is 0. The highest BCUT2D eigenvalue weighted by atomic mass is 32.2. The van der Waals surface area contributed by atoms with E-state index >= 15 is 0 Å². The Labute approximate surface area is 158 Å². The van der Waals surface area contributed by atoms with Crippen molar-refractivity contribution in [1.29, 1.82) is 0 Å². The number of hydrogen-bond donors (Lipinski definition) is 0. The highest BCUT2D eigenvalue weighted by Crippen LogP contribution is 2.31. The van der Waals surface area contributed by atoms with Gasteiger partial charge in [-0.05, 0) is 49.2 Å². The summed E-state index contributed by atoms with van der Waals surface area (Å²) in [6, 6.07) is 11.0. The van der Waals surface area contributed by atoms with Crippen LogP contribution in [0.1, 0.15) is 12.8 Å². The summed E-state index contributed by atoms with van der Waals surface area (Å²) in [6.45, 7) is 0.178. The fourth-order valence-corrected chi connectivity index (χ4v) is 6.53. The van der Waals surface area contributed by atoms with E-state index in [9.17, 15) is 21.2 Å². The molecule has 6 nitrogen and oxygen atoms in total. The van der Waals surface area contributed by atoms with Crippen LogP contribution in [-0.4, -0.2) is 46.6 Å². The van der Waals surface area contributed by atoms with Gasteiger partial charge in [-0.1, -0.05) is 12.1 Å². The SMILES string of the molecule is COc1ccccc1S(=O)(=O)N1CCC(S(=O)(=O)c2ccc(F)cc2)CC1. The Morgan fingerprint density at radius 3 is 2.15 bits per heavy atom. The quantitative estimate of drug-likeness (QED) is 0.704. The van der Waals surface area contributed by atoms with Gasteiger partial charge in [-0.3, -0.25) is 0 Å². The van der Waals surface area contributed by atoms with Gasteiger partial charge in [0.15, 0.2) is 9.84 Å². The van der Waals surface area contributed by atoms with Crippen LogP contribution in [0.3, 0.4) is 0 Å². The van der Waals surface area contributed by atoms with Crippen molar-refractivity contribution < 1.29 is 26.0 Å². The molecule has 1 aliphatic rings. The van der Waals surface area contributed by atoms with Gasteiger partial charge >= 0.3 is 0 Å². The highest BCUT2D eigenvalue weighted by Gasteiger charge is 2.36. The Kier molecular flexibility index (Phi) is 5.55. The Bertz CT molecular complexity index is 1010. The second kappa shape index (κ2) is 7.57. The summed E-state index contributed by atoms with van der Waals surface area (Å²) in [6.07, 6.45) is 0.349. The zero-order chi connectivity index (χ0) is 19.7. The third-order valence-corrected chi connectivity index (χ3v) is 8.89. The summed E-state index contributed by atoms with van der Waals surface area (Å²) in [7, 11) is -6.02. The molecule has 0 atom stereocenters. The van der Waals surface area contributed by atoms with Gasteiger partial charge in [-0.25, -0.2) is 21.2 Å². The molecule has 0 unspecified atom stereocenters. The molecule has 0 spiro atoms. The third kappa shape index (κ3) is 3.85. The molecule has 0 N–H and O–H groups in total. The standard InChI is InChI=1S/C18H20FNO5S2/c1-25-17-4-2-3-5-18(17)27(23,24)20-12-10-16(11-13-20)26(21,22)15-8-6-14(19)7-9-15/h2-9,16H,10-13H2,1H3. The minimum absolute atomic E-state index is 0.0509. The molecule has 0 amide bonds. The molecule has 1 aliphatic heterocycles. The van der Waals surface area contributed by atoms with Crippen molar-refractivity contribution in [2.75, 3.05) is 20.2 Å². The highest BCUT2D eigenvalue weighted by molar-refractivity contribution is 7.92. The third-order valence-electron chi connectivity index (χ3n) is 4.67. The van der Waals surface area contributed by atoms with Crippen LogP contribution in [0.4, 0.5) is 4.39 Å². The van der Waals surface area contributed by atoms with Crippen LogP contribution >= 0.6 is 0 Å². The molecule has 3 rings (SSSR count). The molecule has 0 bridgehead atoms. The normalized spacial score (nSPS) is 17.0. The lowest BCUT2D eigenvalue weighted by atomic mass is 10.2. The molecule has 0 radical (unpaired) electrons. The number of hydrogen-bond acceptors (Lipinski definition) is 5. The van der Waals surface area contributed by atoms with E-state index in [1.807, 2.05) is 0 Å². The summed E-state index contributed by atoms with van der Waals surface area (Å²) >= 11 is 0. The second-order valence-corrected chi connectivity index (χ2v) is 10.4. The second-order valence-electron chi connectivity index (χ2n) is 6.25. The monoisotopic (exact) mass is 413 g/mol. The first-order valence-corrected chi connectivity index (χ1v) is 11.4. The Morgan fingerprint density at radius 1 is 0.963 bits per heavy atom. The molecular weight excluding hydrogens is 393 g/mol. The zero-order valence-electron chi connectivity index (χ0n) is 14.7. The minimum Gasteiger partial charge on any atom is -0.495 e. The Morgan fingerprint density at radius 2 is 1.56 bits per heavy atom. The van der Waals surface area contributed by atoms with Gasteiger partial charge in [-0.2, -0.15) is 4.31 Å². The number of halogens is 1. The number of nitrogens with zero attached hydrogens (tertiary/aromatic N) is 1. The number of sulfonamides is 1. The number of ether oxygens (including phenoxy) is 1. The van der Waals surface area contributed by atoms with Gasteiger partial charge in [0, 0.05) is 13.1 Å².